The lowest BCUT2D eigenvalue weighted by molar-refractivity contribution is -0.136. The molecule has 0 spiro atoms. The summed E-state index contributed by atoms with van der Waals surface area (Å²) in [7, 11) is 0. The van der Waals surface area contributed by atoms with E-state index in [1.807, 2.05) is 74.5 Å². The number of carbonyl (C=O) groups is 1. The van der Waals surface area contributed by atoms with Gasteiger partial charge in [-0.1, -0.05) is 54.1 Å². The minimum absolute atomic E-state index is 0.156. The maximum Gasteiger partial charge on any atom is 0.349 e. The van der Waals surface area contributed by atoms with Crippen molar-refractivity contribution in [1.29, 1.82) is 0 Å². The number of aryl methyl sites for hydroxylation is 2. The summed E-state index contributed by atoms with van der Waals surface area (Å²) < 4.78 is 11.8. The van der Waals surface area contributed by atoms with Crippen molar-refractivity contribution in [2.24, 2.45) is 0 Å². The molecular weight excluding hydrogens is 392 g/mol. The van der Waals surface area contributed by atoms with Crippen molar-refractivity contribution >= 4 is 21.9 Å². The van der Waals surface area contributed by atoms with E-state index in [0.29, 0.717) is 11.5 Å². The Hall–Kier alpha value is -2.59. The normalized spacial score (nSPS) is 10.4. The van der Waals surface area contributed by atoms with Crippen molar-refractivity contribution in [1.82, 2.24) is 0 Å². The average molecular weight is 411 g/mol. The molecule has 0 aliphatic rings. The van der Waals surface area contributed by atoms with Gasteiger partial charge in [-0.25, -0.2) is 4.79 Å². The molecule has 0 amide bonds. The second-order valence-corrected chi connectivity index (χ2v) is 6.90. The summed E-state index contributed by atoms with van der Waals surface area (Å²) >= 11 is 3.50. The predicted molar refractivity (Wildman–Crippen MR) is 107 cm³/mol. The lowest BCUT2D eigenvalue weighted by Crippen LogP contribution is -2.18. The van der Waals surface area contributed by atoms with Gasteiger partial charge in [0.05, 0.1) is 4.47 Å². The third kappa shape index (κ3) is 4.52. The minimum atomic E-state index is -0.434. The van der Waals surface area contributed by atoms with E-state index >= 15 is 0 Å². The maximum absolute atomic E-state index is 12.1. The Kier molecular flexibility index (Phi) is 5.74. The Morgan fingerprint density at radius 3 is 2.31 bits per heavy atom. The largest absolute Gasteiger partial charge is 0.481 e. The van der Waals surface area contributed by atoms with E-state index in [1.165, 1.54) is 0 Å². The highest BCUT2D eigenvalue weighted by Gasteiger charge is 2.10. The van der Waals surface area contributed by atoms with Crippen molar-refractivity contribution in [3.63, 3.8) is 0 Å². The van der Waals surface area contributed by atoms with E-state index in [2.05, 4.69) is 15.9 Å². The van der Waals surface area contributed by atoms with Crippen molar-refractivity contribution in [3.8, 4) is 22.6 Å². The van der Waals surface area contributed by atoms with Crippen molar-refractivity contribution in [2.75, 3.05) is 6.61 Å². The van der Waals surface area contributed by atoms with Gasteiger partial charge in [0, 0.05) is 0 Å². The van der Waals surface area contributed by atoms with Crippen LogP contribution in [0.15, 0.2) is 71.2 Å². The first-order valence-electron chi connectivity index (χ1n) is 8.28. The minimum Gasteiger partial charge on any atom is -0.481 e. The quantitative estimate of drug-likeness (QED) is 0.398. The molecule has 0 atom stereocenters. The lowest BCUT2D eigenvalue weighted by atomic mass is 10.1. The Balaban J connectivity index is 1.63. The summed E-state index contributed by atoms with van der Waals surface area (Å²) in [6.07, 6.45) is 0. The average Bonchev–Trinajstić information content (AvgIpc) is 2.64. The first kappa shape index (κ1) is 18.2. The molecule has 3 aromatic carbocycles. The third-order valence-corrected chi connectivity index (χ3v) is 4.56. The Bertz CT molecular complexity index is 920. The molecule has 3 rings (SSSR count). The summed E-state index contributed by atoms with van der Waals surface area (Å²) in [4.78, 5) is 12.1. The van der Waals surface area contributed by atoms with Gasteiger partial charge in [0.1, 0.15) is 11.5 Å². The van der Waals surface area contributed by atoms with E-state index in [1.54, 1.807) is 6.07 Å². The second kappa shape index (κ2) is 8.19. The first-order chi connectivity index (χ1) is 12.5. The highest BCUT2D eigenvalue weighted by atomic mass is 79.9. The van der Waals surface area contributed by atoms with Gasteiger partial charge in [0.25, 0.3) is 0 Å². The van der Waals surface area contributed by atoms with Gasteiger partial charge in [0.2, 0.25) is 0 Å². The molecule has 0 N–H and O–H groups in total. The molecular formula is C22H19BrO3. The number of halogens is 1. The SMILES string of the molecule is Cc1ccc(OC(=O)COc2ccc(-c3ccccc3)cc2Br)c(C)c1. The van der Waals surface area contributed by atoms with Crippen LogP contribution in [0.4, 0.5) is 0 Å². The molecule has 3 aromatic rings. The summed E-state index contributed by atoms with van der Waals surface area (Å²) in [5.41, 5.74) is 4.24. The fraction of sp³-hybridized carbons (Fsp3) is 0.136. The van der Waals surface area contributed by atoms with Crippen LogP contribution in [-0.2, 0) is 4.79 Å². The summed E-state index contributed by atoms with van der Waals surface area (Å²) in [5.74, 6) is 0.723. The molecule has 0 saturated heterocycles. The van der Waals surface area contributed by atoms with Crippen LogP contribution >= 0.6 is 15.9 Å². The predicted octanol–water partition coefficient (Wildman–Crippen LogP) is 5.72. The van der Waals surface area contributed by atoms with E-state index in [0.717, 1.165) is 26.7 Å². The molecule has 0 unspecified atom stereocenters. The zero-order chi connectivity index (χ0) is 18.5. The summed E-state index contributed by atoms with van der Waals surface area (Å²) in [5, 5.41) is 0. The topological polar surface area (TPSA) is 35.5 Å². The number of carbonyl (C=O) groups excluding carboxylic acids is 1. The van der Waals surface area contributed by atoms with Crippen LogP contribution in [0.2, 0.25) is 0 Å². The Morgan fingerprint density at radius 1 is 0.885 bits per heavy atom. The smallest absolute Gasteiger partial charge is 0.349 e. The van der Waals surface area contributed by atoms with E-state index in [4.69, 9.17) is 9.47 Å². The number of rotatable bonds is 5. The van der Waals surface area contributed by atoms with Gasteiger partial charge in [-0.05, 0) is 64.7 Å². The zero-order valence-corrected chi connectivity index (χ0v) is 16.2. The third-order valence-electron chi connectivity index (χ3n) is 3.94. The van der Waals surface area contributed by atoms with Crippen molar-refractivity contribution < 1.29 is 14.3 Å². The molecule has 26 heavy (non-hydrogen) atoms. The molecule has 0 aliphatic carbocycles. The number of ether oxygens (including phenoxy) is 2. The van der Waals surface area contributed by atoms with Crippen LogP contribution in [0.25, 0.3) is 11.1 Å². The van der Waals surface area contributed by atoms with Gasteiger partial charge in [-0.3, -0.25) is 0 Å². The van der Waals surface area contributed by atoms with Crippen LogP contribution < -0.4 is 9.47 Å². The molecule has 0 bridgehead atoms. The molecule has 0 radical (unpaired) electrons. The fourth-order valence-corrected chi connectivity index (χ4v) is 3.12. The molecule has 0 fully saturated rings. The second-order valence-electron chi connectivity index (χ2n) is 6.04. The van der Waals surface area contributed by atoms with Gasteiger partial charge in [-0.2, -0.15) is 0 Å². The van der Waals surface area contributed by atoms with Gasteiger partial charge in [0.15, 0.2) is 6.61 Å². The molecule has 0 aliphatic heterocycles. The molecule has 0 aromatic heterocycles. The van der Waals surface area contributed by atoms with Gasteiger partial charge in [-0.15, -0.1) is 0 Å². The van der Waals surface area contributed by atoms with Crippen LogP contribution in [0.3, 0.4) is 0 Å². The number of hydrogen-bond donors (Lipinski definition) is 0. The molecule has 4 heteroatoms. The van der Waals surface area contributed by atoms with Gasteiger partial charge >= 0.3 is 5.97 Å². The zero-order valence-electron chi connectivity index (χ0n) is 14.7. The molecule has 0 heterocycles. The maximum atomic E-state index is 12.1. The van der Waals surface area contributed by atoms with Gasteiger partial charge < -0.3 is 9.47 Å². The van der Waals surface area contributed by atoms with Crippen LogP contribution in [0.1, 0.15) is 11.1 Å². The van der Waals surface area contributed by atoms with E-state index in [-0.39, 0.29) is 6.61 Å². The van der Waals surface area contributed by atoms with Crippen LogP contribution in [-0.4, -0.2) is 12.6 Å². The monoisotopic (exact) mass is 410 g/mol. The molecule has 0 saturated carbocycles. The Labute approximate surface area is 161 Å². The number of benzene rings is 3. The van der Waals surface area contributed by atoms with Crippen molar-refractivity contribution in [2.45, 2.75) is 13.8 Å². The fourth-order valence-electron chi connectivity index (χ4n) is 2.63. The number of hydrogen-bond acceptors (Lipinski definition) is 3. The van der Waals surface area contributed by atoms with E-state index < -0.39 is 5.97 Å². The standard InChI is InChI=1S/C22H19BrO3/c1-15-8-10-20(16(2)12-15)26-22(24)14-25-21-11-9-18(13-19(21)23)17-6-4-3-5-7-17/h3-13H,14H2,1-2H3. The molecule has 132 valence electrons. The van der Waals surface area contributed by atoms with Crippen LogP contribution in [0, 0.1) is 13.8 Å². The Morgan fingerprint density at radius 2 is 1.62 bits per heavy atom. The highest BCUT2D eigenvalue weighted by molar-refractivity contribution is 9.10. The molecule has 3 nitrogen and oxygen atoms in total. The first-order valence-corrected chi connectivity index (χ1v) is 9.08. The summed E-state index contributed by atoms with van der Waals surface area (Å²) in [6, 6.07) is 21.5. The highest BCUT2D eigenvalue weighted by Crippen LogP contribution is 2.30. The summed E-state index contributed by atoms with van der Waals surface area (Å²) in [6.45, 7) is 3.75. The van der Waals surface area contributed by atoms with E-state index in [9.17, 15) is 4.79 Å². The number of esters is 1. The van der Waals surface area contributed by atoms with Crippen LogP contribution in [0.5, 0.6) is 11.5 Å². The lowest BCUT2D eigenvalue weighted by Gasteiger charge is -2.11. The van der Waals surface area contributed by atoms with Crippen molar-refractivity contribution in [3.05, 3.63) is 82.3 Å².